The Kier molecular flexibility index (Phi) is 5.77. The third-order valence-corrected chi connectivity index (χ3v) is 4.52. The summed E-state index contributed by atoms with van der Waals surface area (Å²) in [5.74, 6) is 1.39. The van der Waals surface area contributed by atoms with Crippen LogP contribution in [0.4, 0.5) is 10.6 Å². The quantitative estimate of drug-likeness (QED) is 0.589. The summed E-state index contributed by atoms with van der Waals surface area (Å²) >= 11 is 0. The van der Waals surface area contributed by atoms with Crippen molar-refractivity contribution in [1.82, 2.24) is 20.3 Å². The summed E-state index contributed by atoms with van der Waals surface area (Å²) in [4.78, 5) is 24.8. The summed E-state index contributed by atoms with van der Waals surface area (Å²) < 4.78 is 5.32. The van der Waals surface area contributed by atoms with Crippen molar-refractivity contribution in [3.05, 3.63) is 41.6 Å². The molecule has 1 atom stereocenters. The van der Waals surface area contributed by atoms with E-state index in [0.29, 0.717) is 12.4 Å². The lowest BCUT2D eigenvalue weighted by molar-refractivity contribution is 0.0511. The Morgan fingerprint density at radius 3 is 2.52 bits per heavy atom. The van der Waals surface area contributed by atoms with Gasteiger partial charge in [0.05, 0.1) is 5.39 Å². The summed E-state index contributed by atoms with van der Waals surface area (Å²) in [6, 6.07) is 9.73. The standard InChI is InChI=1S/C22H29N5O2/c1-13(24-21(28)29-22(4,5)6)12-23-19-17-14(2)15(3)25-20(17)27-18(26-19)16-10-8-7-9-11-16/h7-11,13H,12H2,1-6H3,(H,24,28)(H2,23,25,26,27). The third kappa shape index (κ3) is 5.04. The van der Waals surface area contributed by atoms with E-state index in [1.54, 1.807) is 0 Å². The molecule has 0 aliphatic rings. The van der Waals surface area contributed by atoms with Crippen LogP contribution in [0.5, 0.6) is 0 Å². The number of ether oxygens (including phenoxy) is 1. The molecule has 1 aromatic carbocycles. The summed E-state index contributed by atoms with van der Waals surface area (Å²) in [6.07, 6.45) is -0.432. The lowest BCUT2D eigenvalue weighted by Crippen LogP contribution is -2.40. The number of anilines is 1. The maximum atomic E-state index is 12.0. The van der Waals surface area contributed by atoms with E-state index in [2.05, 4.69) is 15.6 Å². The molecule has 154 valence electrons. The van der Waals surface area contributed by atoms with Gasteiger partial charge in [-0.15, -0.1) is 0 Å². The minimum absolute atomic E-state index is 0.143. The van der Waals surface area contributed by atoms with Crippen LogP contribution in [0.2, 0.25) is 0 Å². The third-order valence-electron chi connectivity index (χ3n) is 4.52. The minimum Gasteiger partial charge on any atom is -0.444 e. The average molecular weight is 396 g/mol. The highest BCUT2D eigenvalue weighted by Crippen LogP contribution is 2.29. The molecule has 7 heteroatoms. The van der Waals surface area contributed by atoms with Crippen molar-refractivity contribution >= 4 is 22.9 Å². The van der Waals surface area contributed by atoms with Crippen molar-refractivity contribution in [2.75, 3.05) is 11.9 Å². The van der Waals surface area contributed by atoms with E-state index in [0.717, 1.165) is 33.7 Å². The Balaban J connectivity index is 1.83. The molecule has 2 heterocycles. The van der Waals surface area contributed by atoms with Crippen LogP contribution >= 0.6 is 0 Å². The highest BCUT2D eigenvalue weighted by molar-refractivity contribution is 5.92. The molecule has 3 N–H and O–H groups in total. The molecular formula is C22H29N5O2. The van der Waals surface area contributed by atoms with Gasteiger partial charge < -0.3 is 20.4 Å². The molecule has 0 aliphatic heterocycles. The number of H-pyrrole nitrogens is 1. The van der Waals surface area contributed by atoms with Gasteiger partial charge in [0, 0.05) is 23.8 Å². The molecule has 3 rings (SSSR count). The zero-order chi connectivity index (χ0) is 21.2. The normalized spacial score (nSPS) is 12.6. The molecule has 29 heavy (non-hydrogen) atoms. The summed E-state index contributed by atoms with van der Waals surface area (Å²) in [6.45, 7) is 12.0. The number of nitrogens with one attached hydrogen (secondary N) is 3. The maximum absolute atomic E-state index is 12.0. The Hall–Kier alpha value is -3.09. The van der Waals surface area contributed by atoms with Crippen LogP contribution in [0.15, 0.2) is 30.3 Å². The average Bonchev–Trinajstić information content (AvgIpc) is 2.93. The molecule has 0 fully saturated rings. The van der Waals surface area contributed by atoms with Gasteiger partial charge in [-0.3, -0.25) is 0 Å². The van der Waals surface area contributed by atoms with Crippen molar-refractivity contribution in [2.24, 2.45) is 0 Å². The van der Waals surface area contributed by atoms with Crippen LogP contribution in [-0.4, -0.2) is 39.2 Å². The van der Waals surface area contributed by atoms with Gasteiger partial charge in [0.15, 0.2) is 5.82 Å². The molecule has 2 aromatic heterocycles. The van der Waals surface area contributed by atoms with Crippen LogP contribution in [0.25, 0.3) is 22.4 Å². The SMILES string of the molecule is Cc1[nH]c2nc(-c3ccccc3)nc(NCC(C)NC(=O)OC(C)(C)C)c2c1C. The van der Waals surface area contributed by atoms with Gasteiger partial charge in [-0.05, 0) is 47.1 Å². The second kappa shape index (κ2) is 8.11. The number of aryl methyl sites for hydroxylation is 2. The van der Waals surface area contributed by atoms with Crippen LogP contribution in [0.1, 0.15) is 39.0 Å². The Morgan fingerprint density at radius 1 is 1.17 bits per heavy atom. The number of carbonyl (C=O) groups excluding carboxylic acids is 1. The van der Waals surface area contributed by atoms with Gasteiger partial charge >= 0.3 is 6.09 Å². The number of fused-ring (bicyclic) bond motifs is 1. The highest BCUT2D eigenvalue weighted by atomic mass is 16.6. The van der Waals surface area contributed by atoms with E-state index >= 15 is 0 Å². The number of alkyl carbamates (subject to hydrolysis) is 1. The van der Waals surface area contributed by atoms with Gasteiger partial charge in [-0.25, -0.2) is 14.8 Å². The number of aromatic amines is 1. The van der Waals surface area contributed by atoms with Gasteiger partial charge in [-0.2, -0.15) is 0 Å². The van der Waals surface area contributed by atoms with Gasteiger partial charge in [0.2, 0.25) is 0 Å². The Morgan fingerprint density at radius 2 is 1.86 bits per heavy atom. The fourth-order valence-corrected chi connectivity index (χ4v) is 3.02. The van der Waals surface area contributed by atoms with E-state index in [1.807, 2.05) is 71.9 Å². The molecule has 1 amide bonds. The number of benzene rings is 1. The lowest BCUT2D eigenvalue weighted by Gasteiger charge is -2.22. The van der Waals surface area contributed by atoms with Crippen molar-refractivity contribution in [3.8, 4) is 11.4 Å². The zero-order valence-electron chi connectivity index (χ0n) is 17.9. The molecule has 0 saturated carbocycles. The number of aromatic nitrogens is 3. The molecule has 1 unspecified atom stereocenters. The first-order chi connectivity index (χ1) is 13.6. The molecular weight excluding hydrogens is 366 g/mol. The van der Waals surface area contributed by atoms with Crippen LogP contribution in [0.3, 0.4) is 0 Å². The van der Waals surface area contributed by atoms with E-state index in [4.69, 9.17) is 14.7 Å². The zero-order valence-corrected chi connectivity index (χ0v) is 17.9. The first kappa shape index (κ1) is 20.6. The first-order valence-electron chi connectivity index (χ1n) is 9.80. The number of nitrogens with zero attached hydrogens (tertiary/aromatic N) is 2. The molecule has 0 radical (unpaired) electrons. The number of amides is 1. The second-order valence-corrected chi connectivity index (χ2v) is 8.29. The minimum atomic E-state index is -0.527. The molecule has 0 spiro atoms. The summed E-state index contributed by atoms with van der Waals surface area (Å²) in [7, 11) is 0. The van der Waals surface area contributed by atoms with E-state index in [-0.39, 0.29) is 6.04 Å². The largest absolute Gasteiger partial charge is 0.444 e. The second-order valence-electron chi connectivity index (χ2n) is 8.29. The van der Waals surface area contributed by atoms with Gasteiger partial charge in [0.1, 0.15) is 17.1 Å². The predicted molar refractivity (Wildman–Crippen MR) is 116 cm³/mol. The van der Waals surface area contributed by atoms with E-state index in [9.17, 15) is 4.79 Å². The van der Waals surface area contributed by atoms with Crippen LogP contribution in [-0.2, 0) is 4.74 Å². The Labute approximate surface area is 171 Å². The van der Waals surface area contributed by atoms with E-state index < -0.39 is 11.7 Å². The smallest absolute Gasteiger partial charge is 0.407 e. The monoisotopic (exact) mass is 395 g/mol. The van der Waals surface area contributed by atoms with Gasteiger partial charge in [-0.1, -0.05) is 30.3 Å². The fourth-order valence-electron chi connectivity index (χ4n) is 3.02. The summed E-state index contributed by atoms with van der Waals surface area (Å²) in [5, 5.41) is 7.19. The summed E-state index contributed by atoms with van der Waals surface area (Å²) in [5.41, 5.74) is 3.38. The highest BCUT2D eigenvalue weighted by Gasteiger charge is 2.19. The molecule has 0 bridgehead atoms. The predicted octanol–water partition coefficient (Wildman–Crippen LogP) is 4.57. The number of hydrogen-bond acceptors (Lipinski definition) is 5. The Bertz CT molecular complexity index is 1010. The maximum Gasteiger partial charge on any atom is 0.407 e. The molecule has 0 saturated heterocycles. The number of rotatable bonds is 5. The molecule has 7 nitrogen and oxygen atoms in total. The van der Waals surface area contributed by atoms with Crippen molar-refractivity contribution in [3.63, 3.8) is 0 Å². The molecule has 3 aromatic rings. The van der Waals surface area contributed by atoms with Crippen LogP contribution in [0, 0.1) is 13.8 Å². The lowest BCUT2D eigenvalue weighted by atomic mass is 10.2. The van der Waals surface area contributed by atoms with E-state index in [1.165, 1.54) is 0 Å². The van der Waals surface area contributed by atoms with Crippen LogP contribution < -0.4 is 10.6 Å². The fraction of sp³-hybridized carbons (Fsp3) is 0.409. The van der Waals surface area contributed by atoms with Crippen molar-refractivity contribution in [2.45, 2.75) is 53.2 Å². The molecule has 0 aliphatic carbocycles. The topological polar surface area (TPSA) is 91.9 Å². The number of carbonyl (C=O) groups is 1. The van der Waals surface area contributed by atoms with Gasteiger partial charge in [0.25, 0.3) is 0 Å². The van der Waals surface area contributed by atoms with Crippen molar-refractivity contribution in [1.29, 1.82) is 0 Å². The number of hydrogen-bond donors (Lipinski definition) is 3. The van der Waals surface area contributed by atoms with Crippen molar-refractivity contribution < 1.29 is 9.53 Å². The first-order valence-corrected chi connectivity index (χ1v) is 9.80.